The molecule has 2 fully saturated rings. The van der Waals surface area contributed by atoms with E-state index in [-0.39, 0.29) is 23.7 Å². The van der Waals surface area contributed by atoms with Crippen LogP contribution in [0.15, 0.2) is 84.9 Å². The largest absolute Gasteiger partial charge is 0.446 e. The van der Waals surface area contributed by atoms with E-state index >= 15 is 0 Å². The van der Waals surface area contributed by atoms with Gasteiger partial charge in [-0.15, -0.1) is 10.2 Å². The van der Waals surface area contributed by atoms with Crippen LogP contribution in [0.2, 0.25) is 0 Å². The first-order valence-corrected chi connectivity index (χ1v) is 18.7. The maximum absolute atomic E-state index is 12.3. The third-order valence-electron chi connectivity index (χ3n) is 8.91. The van der Waals surface area contributed by atoms with Crippen molar-refractivity contribution in [3.8, 4) is 22.5 Å². The number of amides is 3. The Hall–Kier alpha value is -6.85. The van der Waals surface area contributed by atoms with Crippen molar-refractivity contribution in [2.24, 2.45) is 11.8 Å². The molecule has 0 bridgehead atoms. The summed E-state index contributed by atoms with van der Waals surface area (Å²) in [6.07, 6.45) is -2.34. The average molecular weight is 813 g/mol. The summed E-state index contributed by atoms with van der Waals surface area (Å²) >= 11 is 0. The minimum absolute atomic E-state index is 0.0147. The first-order chi connectivity index (χ1) is 28.0. The molecule has 0 unspecified atom stereocenters. The maximum Gasteiger partial charge on any atom is 0.446 e. The number of ether oxygens (including phenoxy) is 1. The van der Waals surface area contributed by atoms with Crippen LogP contribution < -0.4 is 20.9 Å². The summed E-state index contributed by atoms with van der Waals surface area (Å²) in [5.41, 5.74) is 6.29. The molecule has 3 amide bonds. The van der Waals surface area contributed by atoms with E-state index < -0.39 is 24.2 Å². The standard InChI is InChI=1S/C22H25N5O3.C17H17N5O.C2HF3O/c1-22(2,3)30-21(29)26(4)16-12-10-14(11-13-16)17-6-5-7-18-23-20(25-27(17)18)24-19(28)15-8-9-15;1-18-13-9-7-11(8-10-13)14-3-2-4-15-19-17(21-22(14)15)20-16(23)12-5-6-12;3-2(4,5)1-6/h5-7,10-13,15H,8-9H2,1-4H3,(H,24,25,28);2-4,7-10,12,18H,5-6H2,1H3,(H,20,21,23);1H. The van der Waals surface area contributed by atoms with Crippen molar-refractivity contribution >= 4 is 58.8 Å². The minimum atomic E-state index is -4.64. The molecule has 4 heterocycles. The second-order valence-electron chi connectivity index (χ2n) is 14.8. The molecule has 0 radical (unpaired) electrons. The zero-order chi connectivity index (χ0) is 42.5. The van der Waals surface area contributed by atoms with Gasteiger partial charge in [-0.3, -0.25) is 29.9 Å². The number of nitrogens with zero attached hydrogens (tertiary/aromatic N) is 7. The Labute approximate surface area is 337 Å². The number of carbonyl (C=O) groups is 4. The molecule has 8 rings (SSSR count). The van der Waals surface area contributed by atoms with Crippen LogP contribution in [0.4, 0.5) is 41.2 Å². The average Bonchev–Trinajstić information content (AvgIpc) is 4.15. The smallest absolute Gasteiger partial charge is 0.443 e. The van der Waals surface area contributed by atoms with Gasteiger partial charge in [0.15, 0.2) is 11.3 Å². The molecule has 18 heteroatoms. The van der Waals surface area contributed by atoms with E-state index in [4.69, 9.17) is 9.53 Å². The number of carbonyl (C=O) groups excluding carboxylic acids is 4. The van der Waals surface area contributed by atoms with Gasteiger partial charge in [0.1, 0.15) is 5.60 Å². The van der Waals surface area contributed by atoms with Gasteiger partial charge in [-0.25, -0.2) is 13.8 Å². The highest BCUT2D eigenvalue weighted by Gasteiger charge is 2.31. The van der Waals surface area contributed by atoms with Crippen molar-refractivity contribution in [1.82, 2.24) is 29.2 Å². The number of anilines is 4. The third kappa shape index (κ3) is 11.2. The lowest BCUT2D eigenvalue weighted by Crippen LogP contribution is -2.34. The second kappa shape index (κ2) is 17.3. The number of halogens is 3. The lowest BCUT2D eigenvalue weighted by molar-refractivity contribution is -0.156. The van der Waals surface area contributed by atoms with E-state index in [0.717, 1.165) is 59.6 Å². The molecule has 0 atom stereocenters. The van der Waals surface area contributed by atoms with E-state index in [0.29, 0.717) is 23.2 Å². The van der Waals surface area contributed by atoms with E-state index in [9.17, 15) is 27.6 Å². The van der Waals surface area contributed by atoms with Crippen LogP contribution in [0.5, 0.6) is 0 Å². The zero-order valence-corrected chi connectivity index (χ0v) is 32.9. The van der Waals surface area contributed by atoms with Crippen LogP contribution in [-0.2, 0) is 19.1 Å². The van der Waals surface area contributed by atoms with E-state index in [1.807, 2.05) is 113 Å². The van der Waals surface area contributed by atoms with Crippen LogP contribution in [0.3, 0.4) is 0 Å². The van der Waals surface area contributed by atoms with Crippen molar-refractivity contribution in [2.45, 2.75) is 58.2 Å². The first-order valence-electron chi connectivity index (χ1n) is 18.7. The summed E-state index contributed by atoms with van der Waals surface area (Å²) in [5.74, 6) is 0.880. The monoisotopic (exact) mass is 812 g/mol. The number of fused-ring (bicyclic) bond motifs is 2. The summed E-state index contributed by atoms with van der Waals surface area (Å²) in [6, 6.07) is 27.1. The molecule has 2 aliphatic rings. The molecule has 308 valence electrons. The van der Waals surface area contributed by atoms with Gasteiger partial charge in [-0.05, 0) is 95.0 Å². The van der Waals surface area contributed by atoms with Crippen LogP contribution in [0.1, 0.15) is 46.5 Å². The molecule has 59 heavy (non-hydrogen) atoms. The molecule has 15 nitrogen and oxygen atoms in total. The van der Waals surface area contributed by atoms with Gasteiger partial charge in [0, 0.05) is 48.4 Å². The van der Waals surface area contributed by atoms with Crippen LogP contribution >= 0.6 is 0 Å². The van der Waals surface area contributed by atoms with Gasteiger partial charge in [0.05, 0.1) is 11.4 Å². The number of nitrogens with one attached hydrogen (secondary N) is 3. The maximum atomic E-state index is 12.3. The quantitative estimate of drug-likeness (QED) is 0.129. The fourth-order valence-corrected chi connectivity index (χ4v) is 5.57. The van der Waals surface area contributed by atoms with Crippen molar-refractivity contribution in [3.05, 3.63) is 84.9 Å². The van der Waals surface area contributed by atoms with Crippen molar-refractivity contribution in [2.75, 3.05) is 34.9 Å². The Bertz CT molecular complexity index is 2450. The van der Waals surface area contributed by atoms with Crippen molar-refractivity contribution in [1.29, 1.82) is 0 Å². The van der Waals surface area contributed by atoms with E-state index in [1.165, 1.54) is 4.90 Å². The Balaban J connectivity index is 0.000000179. The number of aldehydes is 1. The Morgan fingerprint density at radius 3 is 1.53 bits per heavy atom. The Morgan fingerprint density at radius 2 is 1.15 bits per heavy atom. The minimum Gasteiger partial charge on any atom is -0.443 e. The van der Waals surface area contributed by atoms with Crippen molar-refractivity contribution < 1.29 is 37.1 Å². The molecular weight excluding hydrogens is 770 g/mol. The van der Waals surface area contributed by atoms with E-state index in [2.05, 4.69) is 36.1 Å². The molecule has 0 aliphatic heterocycles. The number of hydrogen-bond donors (Lipinski definition) is 3. The van der Waals surface area contributed by atoms with E-state index in [1.54, 1.807) is 16.1 Å². The topological polar surface area (TPSA) is 177 Å². The lowest BCUT2D eigenvalue weighted by atomic mass is 10.1. The molecule has 6 aromatic rings. The first kappa shape index (κ1) is 41.8. The number of rotatable bonds is 8. The SMILES string of the molecule is CN(C(=O)OC(C)(C)C)c1ccc(-c2cccc3nc(NC(=O)C4CC4)nn23)cc1.CNc1ccc(-c2cccc3nc(NC(=O)C4CC4)nn23)cc1.O=CC(F)(F)F. The predicted molar refractivity (Wildman–Crippen MR) is 216 cm³/mol. The van der Waals surface area contributed by atoms with Crippen LogP contribution in [0.25, 0.3) is 33.8 Å². The lowest BCUT2D eigenvalue weighted by Gasteiger charge is -2.24. The van der Waals surface area contributed by atoms with Gasteiger partial charge in [0.25, 0.3) is 0 Å². The highest BCUT2D eigenvalue weighted by Crippen LogP contribution is 2.31. The summed E-state index contributed by atoms with van der Waals surface area (Å²) in [7, 11) is 3.57. The number of hydrogen-bond acceptors (Lipinski definition) is 10. The molecule has 0 saturated heterocycles. The number of aromatic nitrogens is 6. The summed E-state index contributed by atoms with van der Waals surface area (Å²) in [5, 5.41) is 17.6. The zero-order valence-electron chi connectivity index (χ0n) is 32.9. The fraction of sp³-hybridized carbons (Fsp3) is 0.317. The molecule has 3 N–H and O–H groups in total. The number of pyridine rings is 2. The molecule has 0 spiro atoms. The van der Waals surface area contributed by atoms with Crippen molar-refractivity contribution in [3.63, 3.8) is 0 Å². The third-order valence-corrected chi connectivity index (χ3v) is 8.91. The summed E-state index contributed by atoms with van der Waals surface area (Å²) < 4.78 is 40.1. The van der Waals surface area contributed by atoms with Gasteiger partial charge in [-0.1, -0.05) is 36.4 Å². The molecule has 2 aliphatic carbocycles. The normalized spacial score (nSPS) is 13.6. The highest BCUT2D eigenvalue weighted by atomic mass is 19.4. The molecule has 4 aromatic heterocycles. The van der Waals surface area contributed by atoms with Crippen LogP contribution in [-0.4, -0.2) is 79.3 Å². The Morgan fingerprint density at radius 1 is 0.729 bits per heavy atom. The second-order valence-corrected chi connectivity index (χ2v) is 14.8. The van der Waals surface area contributed by atoms with Gasteiger partial charge in [0.2, 0.25) is 30.0 Å². The predicted octanol–water partition coefficient (Wildman–Crippen LogP) is 7.65. The highest BCUT2D eigenvalue weighted by molar-refractivity contribution is 5.93. The Kier molecular flexibility index (Phi) is 12.3. The number of benzene rings is 2. The van der Waals surface area contributed by atoms with Gasteiger partial charge < -0.3 is 10.1 Å². The molecule has 2 saturated carbocycles. The van der Waals surface area contributed by atoms with Crippen LogP contribution in [0, 0.1) is 11.8 Å². The fourth-order valence-electron chi connectivity index (χ4n) is 5.57. The summed E-state index contributed by atoms with van der Waals surface area (Å²) in [6.45, 7) is 5.51. The van der Waals surface area contributed by atoms with Gasteiger partial charge in [-0.2, -0.15) is 23.1 Å². The number of alkyl halides is 3. The molecular formula is C41H43F3N10O5. The summed E-state index contributed by atoms with van der Waals surface area (Å²) in [4.78, 5) is 55.1. The van der Waals surface area contributed by atoms with Gasteiger partial charge >= 0.3 is 12.3 Å². The molecule has 2 aromatic carbocycles.